The normalized spacial score (nSPS) is 11.1. The molecule has 0 unspecified atom stereocenters. The first-order chi connectivity index (χ1) is 12.7. The molecule has 0 atom stereocenters. The molecule has 4 aromatic rings. The van der Waals surface area contributed by atoms with Gasteiger partial charge in [0, 0.05) is 12.8 Å². The van der Waals surface area contributed by atoms with E-state index in [2.05, 4.69) is 39.5 Å². The zero-order valence-corrected chi connectivity index (χ0v) is 15.7. The first-order valence-corrected chi connectivity index (χ1v) is 9.96. The summed E-state index contributed by atoms with van der Waals surface area (Å²) in [4.78, 5) is 21.9. The van der Waals surface area contributed by atoms with E-state index >= 15 is 0 Å². The molecule has 0 spiro atoms. The molecule has 0 fully saturated rings. The average molecular weight is 384 g/mol. The molecule has 0 aliphatic carbocycles. The van der Waals surface area contributed by atoms with Gasteiger partial charge in [0.05, 0.1) is 15.1 Å². The van der Waals surface area contributed by atoms with Crippen LogP contribution in [0.3, 0.4) is 0 Å². The van der Waals surface area contributed by atoms with Crippen molar-refractivity contribution in [1.29, 1.82) is 0 Å². The van der Waals surface area contributed by atoms with Crippen molar-refractivity contribution in [2.45, 2.75) is 26.2 Å². The number of anilines is 1. The number of fused-ring (bicyclic) bond motifs is 1. The Morgan fingerprint density at radius 1 is 1.27 bits per heavy atom. The zero-order valence-electron chi connectivity index (χ0n) is 14.1. The fourth-order valence-corrected chi connectivity index (χ4v) is 4.10. The molecule has 3 heterocycles. The number of rotatable bonds is 6. The number of nitrogens with zero attached hydrogens (tertiary/aromatic N) is 3. The Hall–Kier alpha value is -2.58. The second-order valence-corrected chi connectivity index (χ2v) is 7.69. The summed E-state index contributed by atoms with van der Waals surface area (Å²) in [5, 5.41) is 9.37. The first kappa shape index (κ1) is 16.9. The minimum atomic E-state index is -0.115. The van der Waals surface area contributed by atoms with Gasteiger partial charge in [0.25, 0.3) is 0 Å². The van der Waals surface area contributed by atoms with Crippen LogP contribution < -0.4 is 5.32 Å². The van der Waals surface area contributed by atoms with Crippen LogP contribution in [0.5, 0.6) is 0 Å². The van der Waals surface area contributed by atoms with E-state index < -0.39 is 0 Å². The van der Waals surface area contributed by atoms with Gasteiger partial charge in [0.1, 0.15) is 0 Å². The predicted molar refractivity (Wildman–Crippen MR) is 104 cm³/mol. The molecular formula is C18H16N4O2S2. The number of thiazole rings is 1. The molecule has 1 amide bonds. The molecule has 0 saturated heterocycles. The molecule has 0 saturated carbocycles. The van der Waals surface area contributed by atoms with Crippen molar-refractivity contribution in [2.24, 2.45) is 0 Å². The Morgan fingerprint density at radius 2 is 2.19 bits per heavy atom. The topological polar surface area (TPSA) is 80.9 Å². The summed E-state index contributed by atoms with van der Waals surface area (Å²) in [7, 11) is 0. The molecule has 132 valence electrons. The summed E-state index contributed by atoms with van der Waals surface area (Å²) in [5.41, 5.74) is 2.16. The molecule has 6 nitrogen and oxygen atoms in total. The van der Waals surface area contributed by atoms with Crippen LogP contribution in [0.4, 0.5) is 5.13 Å². The van der Waals surface area contributed by atoms with Crippen molar-refractivity contribution < 1.29 is 9.32 Å². The van der Waals surface area contributed by atoms with Gasteiger partial charge in [-0.3, -0.25) is 4.79 Å². The highest BCUT2D eigenvalue weighted by atomic mass is 32.1. The molecule has 0 aliphatic heterocycles. The highest BCUT2D eigenvalue weighted by Crippen LogP contribution is 2.27. The Labute approximate surface area is 157 Å². The van der Waals surface area contributed by atoms with Gasteiger partial charge in [0.2, 0.25) is 17.6 Å². The minimum Gasteiger partial charge on any atom is -0.339 e. The number of hydrogen-bond acceptors (Lipinski definition) is 7. The molecule has 8 heteroatoms. The number of aryl methyl sites for hydroxylation is 2. The Morgan fingerprint density at radius 3 is 3.00 bits per heavy atom. The number of nitrogens with one attached hydrogen (secondary N) is 1. The van der Waals surface area contributed by atoms with Crippen LogP contribution in [-0.4, -0.2) is 21.0 Å². The first-order valence-electron chi connectivity index (χ1n) is 8.27. The van der Waals surface area contributed by atoms with Gasteiger partial charge < -0.3 is 9.84 Å². The van der Waals surface area contributed by atoms with Gasteiger partial charge in [-0.2, -0.15) is 4.98 Å². The molecular weight excluding hydrogens is 368 g/mol. The Bertz CT molecular complexity index is 1040. The van der Waals surface area contributed by atoms with Crippen LogP contribution in [0.1, 0.15) is 24.8 Å². The summed E-state index contributed by atoms with van der Waals surface area (Å²) in [6.07, 6.45) is 1.64. The van der Waals surface area contributed by atoms with Crippen LogP contribution in [0, 0.1) is 0 Å². The fraction of sp³-hybridized carbons (Fsp3) is 0.222. The predicted octanol–water partition coefficient (Wildman–Crippen LogP) is 4.54. The lowest BCUT2D eigenvalue weighted by Crippen LogP contribution is -2.12. The van der Waals surface area contributed by atoms with Gasteiger partial charge in [-0.15, -0.1) is 11.3 Å². The molecule has 1 aromatic carbocycles. The van der Waals surface area contributed by atoms with E-state index in [9.17, 15) is 4.79 Å². The summed E-state index contributed by atoms with van der Waals surface area (Å²) >= 11 is 3.03. The van der Waals surface area contributed by atoms with Crippen LogP contribution in [0.2, 0.25) is 0 Å². The number of hydrogen-bond donors (Lipinski definition) is 1. The number of carbonyl (C=O) groups is 1. The van der Waals surface area contributed by atoms with Crippen molar-refractivity contribution in [2.75, 3.05) is 5.32 Å². The van der Waals surface area contributed by atoms with Crippen molar-refractivity contribution in [3.8, 4) is 10.7 Å². The number of aromatic nitrogens is 3. The Balaban J connectivity index is 1.37. The van der Waals surface area contributed by atoms with Crippen LogP contribution >= 0.6 is 22.7 Å². The molecule has 0 aliphatic rings. The number of carbonyl (C=O) groups excluding carboxylic acids is 1. The van der Waals surface area contributed by atoms with Crippen LogP contribution in [0.15, 0.2) is 40.2 Å². The van der Waals surface area contributed by atoms with Gasteiger partial charge >= 0.3 is 0 Å². The van der Waals surface area contributed by atoms with Crippen LogP contribution in [0.25, 0.3) is 20.9 Å². The SMILES string of the molecule is CCc1ccc2nc(NC(=O)CCc3nc(-c4cccs4)no3)sc2c1. The van der Waals surface area contributed by atoms with Crippen molar-refractivity contribution in [3.63, 3.8) is 0 Å². The third-order valence-electron chi connectivity index (χ3n) is 3.88. The van der Waals surface area contributed by atoms with Crippen molar-refractivity contribution in [1.82, 2.24) is 15.1 Å². The third kappa shape index (κ3) is 3.66. The molecule has 0 bridgehead atoms. The average Bonchev–Trinajstić information content (AvgIpc) is 3.38. The lowest BCUT2D eigenvalue weighted by Gasteiger charge is -1.98. The largest absolute Gasteiger partial charge is 0.339 e. The highest BCUT2D eigenvalue weighted by Gasteiger charge is 2.13. The third-order valence-corrected chi connectivity index (χ3v) is 5.68. The highest BCUT2D eigenvalue weighted by molar-refractivity contribution is 7.22. The van der Waals surface area contributed by atoms with E-state index in [1.807, 2.05) is 23.6 Å². The minimum absolute atomic E-state index is 0.115. The summed E-state index contributed by atoms with van der Waals surface area (Å²) in [6.45, 7) is 2.12. The maximum Gasteiger partial charge on any atom is 0.227 e. The summed E-state index contributed by atoms with van der Waals surface area (Å²) < 4.78 is 6.30. The smallest absolute Gasteiger partial charge is 0.227 e. The van der Waals surface area contributed by atoms with Crippen molar-refractivity contribution in [3.05, 3.63) is 47.2 Å². The monoisotopic (exact) mass is 384 g/mol. The fourth-order valence-electron chi connectivity index (χ4n) is 2.51. The number of amides is 1. The van der Waals surface area contributed by atoms with Gasteiger partial charge in [0.15, 0.2) is 5.13 Å². The molecule has 3 aromatic heterocycles. The molecule has 1 N–H and O–H groups in total. The van der Waals surface area contributed by atoms with Gasteiger partial charge in [-0.25, -0.2) is 4.98 Å². The maximum absolute atomic E-state index is 12.2. The van der Waals surface area contributed by atoms with E-state index in [0.717, 1.165) is 21.5 Å². The van der Waals surface area contributed by atoms with Gasteiger partial charge in [-0.05, 0) is 35.6 Å². The lowest BCUT2D eigenvalue weighted by molar-refractivity contribution is -0.116. The second-order valence-electron chi connectivity index (χ2n) is 5.71. The summed E-state index contributed by atoms with van der Waals surface area (Å²) in [6, 6.07) is 10.0. The lowest BCUT2D eigenvalue weighted by atomic mass is 10.2. The standard InChI is InChI=1S/C18H16N4O2S2/c1-2-11-5-6-12-14(10-11)26-18(19-12)20-15(23)7-8-16-21-17(22-24-16)13-4-3-9-25-13/h3-6,9-10H,2,7-8H2,1H3,(H,19,20,23). The number of thiophene rings is 1. The second kappa shape index (κ2) is 7.35. The zero-order chi connectivity index (χ0) is 17.9. The quantitative estimate of drug-likeness (QED) is 0.528. The molecule has 0 radical (unpaired) electrons. The van der Waals surface area contributed by atoms with Gasteiger partial charge in [-0.1, -0.05) is 35.5 Å². The van der Waals surface area contributed by atoms with E-state index in [0.29, 0.717) is 23.3 Å². The van der Waals surface area contributed by atoms with E-state index in [1.165, 1.54) is 16.9 Å². The van der Waals surface area contributed by atoms with Crippen molar-refractivity contribution >= 4 is 43.9 Å². The van der Waals surface area contributed by atoms with E-state index in [1.54, 1.807) is 11.3 Å². The van der Waals surface area contributed by atoms with E-state index in [-0.39, 0.29) is 12.3 Å². The molecule has 26 heavy (non-hydrogen) atoms. The Kier molecular flexibility index (Phi) is 4.77. The molecule has 4 rings (SSSR count). The number of benzene rings is 1. The van der Waals surface area contributed by atoms with Crippen LogP contribution in [-0.2, 0) is 17.6 Å². The maximum atomic E-state index is 12.2. The summed E-state index contributed by atoms with van der Waals surface area (Å²) in [5.74, 6) is 0.907. The van der Waals surface area contributed by atoms with E-state index in [4.69, 9.17) is 4.52 Å².